The van der Waals surface area contributed by atoms with E-state index >= 15 is 0 Å². The van der Waals surface area contributed by atoms with Crippen LogP contribution in [0.3, 0.4) is 0 Å². The fourth-order valence-electron chi connectivity index (χ4n) is 1.30. The Morgan fingerprint density at radius 2 is 1.67 bits per heavy atom. The smallest absolute Gasteiger partial charge is 0.337 e. The zero-order chi connectivity index (χ0) is 13.0. The van der Waals surface area contributed by atoms with E-state index in [1.807, 2.05) is 0 Å². The van der Waals surface area contributed by atoms with Crippen LogP contribution in [-0.2, 0) is 29.4 Å². The van der Waals surface area contributed by atoms with E-state index in [9.17, 15) is 18.0 Å². The zero-order valence-electron chi connectivity index (χ0n) is 10.2. The maximum absolute atomic E-state index is 11.3. The molecule has 0 aromatic rings. The van der Waals surface area contributed by atoms with Gasteiger partial charge in [0, 0.05) is 41.6 Å². The molecular formula is C10H10NaO6S. The summed E-state index contributed by atoms with van der Waals surface area (Å²) < 4.78 is 30.6. The van der Waals surface area contributed by atoms with Crippen LogP contribution < -0.4 is 0 Å². The summed E-state index contributed by atoms with van der Waals surface area (Å²) in [6, 6.07) is 0. The summed E-state index contributed by atoms with van der Waals surface area (Å²) in [6.07, 6.45) is 2.33. The maximum atomic E-state index is 11.3. The fraction of sp³-hybridized carbons (Fsp3) is 0.300. The molecular weight excluding hydrogens is 271 g/mol. The molecule has 1 aliphatic carbocycles. The van der Waals surface area contributed by atoms with Gasteiger partial charge in [-0.1, -0.05) is 0 Å². The van der Waals surface area contributed by atoms with Crippen molar-refractivity contribution in [2.75, 3.05) is 14.2 Å². The summed E-state index contributed by atoms with van der Waals surface area (Å²) >= 11 is 0. The third-order valence-corrected chi connectivity index (χ3v) is 2.78. The summed E-state index contributed by atoms with van der Waals surface area (Å²) in [7, 11) is -0.159. The van der Waals surface area contributed by atoms with Gasteiger partial charge in [-0.3, -0.25) is 0 Å². The Kier molecular flexibility index (Phi) is 7.15. The molecule has 0 spiro atoms. The van der Waals surface area contributed by atoms with Crippen molar-refractivity contribution in [3.05, 3.63) is 23.3 Å². The van der Waals surface area contributed by atoms with Crippen LogP contribution in [0.2, 0.25) is 0 Å². The van der Waals surface area contributed by atoms with Crippen LogP contribution >= 0.6 is 0 Å². The Bertz CT molecular complexity index is 547. The van der Waals surface area contributed by atoms with Gasteiger partial charge in [-0.05, 0) is 12.2 Å². The number of carbonyl (C=O) groups is 2. The van der Waals surface area contributed by atoms with Crippen LogP contribution in [0.5, 0.6) is 0 Å². The van der Waals surface area contributed by atoms with Crippen LogP contribution in [-0.4, -0.2) is 69.0 Å². The van der Waals surface area contributed by atoms with E-state index in [-0.39, 0.29) is 52.0 Å². The molecule has 0 unspecified atom stereocenters. The van der Waals surface area contributed by atoms with Gasteiger partial charge in [-0.25, -0.2) is 9.59 Å². The predicted octanol–water partition coefficient (Wildman–Crippen LogP) is -0.740. The molecule has 0 aliphatic heterocycles. The van der Waals surface area contributed by atoms with Gasteiger partial charge in [0.15, 0.2) is 0 Å². The van der Waals surface area contributed by atoms with Crippen molar-refractivity contribution in [2.45, 2.75) is 6.42 Å². The largest absolute Gasteiger partial charge is 0.466 e. The first kappa shape index (κ1) is 17.1. The van der Waals surface area contributed by atoms with E-state index in [0.717, 1.165) is 7.11 Å². The molecule has 0 saturated heterocycles. The molecule has 0 heterocycles. The summed E-state index contributed by atoms with van der Waals surface area (Å²) in [6.45, 7) is 0. The number of rotatable bonds is 2. The molecule has 0 saturated carbocycles. The molecule has 93 valence electrons. The number of ether oxygens (including phenoxy) is 2. The topological polar surface area (TPSA) is 86.7 Å². The summed E-state index contributed by atoms with van der Waals surface area (Å²) in [5, 5.41) is 0. The molecule has 0 bridgehead atoms. The maximum Gasteiger partial charge on any atom is 0.337 e. The van der Waals surface area contributed by atoms with Crippen LogP contribution in [0.15, 0.2) is 23.3 Å². The molecule has 0 aromatic carbocycles. The van der Waals surface area contributed by atoms with E-state index in [4.69, 9.17) is 0 Å². The first-order valence-electron chi connectivity index (χ1n) is 4.53. The number of hydrogen-bond donors (Lipinski definition) is 0. The van der Waals surface area contributed by atoms with Crippen molar-refractivity contribution >= 4 is 56.7 Å². The standard InChI is InChI=1S/C10H10O6S.Na/c1-15-9(11)6-3-7(10(12)16-2)5-8(4-6)17(13)14;/h3-4H,5H2,1-2H3;. The van der Waals surface area contributed by atoms with Crippen LogP contribution in [0.4, 0.5) is 0 Å². The van der Waals surface area contributed by atoms with Gasteiger partial charge in [0.05, 0.1) is 24.7 Å². The zero-order valence-corrected chi connectivity index (χ0v) is 13.0. The summed E-state index contributed by atoms with van der Waals surface area (Å²) in [5.74, 6) is -1.39. The molecule has 0 N–H and O–H groups in total. The van der Waals surface area contributed by atoms with E-state index in [1.54, 1.807) is 0 Å². The molecule has 1 aliphatic rings. The average molecular weight is 281 g/mol. The van der Waals surface area contributed by atoms with Crippen molar-refractivity contribution in [3.8, 4) is 0 Å². The van der Waals surface area contributed by atoms with Gasteiger partial charge in [-0.2, -0.15) is 8.42 Å². The minimum Gasteiger partial charge on any atom is -0.466 e. The Morgan fingerprint density at radius 3 is 2.11 bits per heavy atom. The second-order valence-electron chi connectivity index (χ2n) is 3.13. The van der Waals surface area contributed by atoms with E-state index < -0.39 is 22.2 Å². The molecule has 6 nitrogen and oxygen atoms in total. The first-order chi connectivity index (χ1) is 7.99. The normalized spacial score (nSPS) is 13.8. The number of carbonyl (C=O) groups excluding carboxylic acids is 2. The van der Waals surface area contributed by atoms with Gasteiger partial charge < -0.3 is 9.47 Å². The van der Waals surface area contributed by atoms with E-state index in [0.29, 0.717) is 0 Å². The fourth-order valence-corrected chi connectivity index (χ4v) is 1.79. The van der Waals surface area contributed by atoms with E-state index in [1.165, 1.54) is 19.3 Å². The molecule has 0 aromatic heterocycles. The van der Waals surface area contributed by atoms with Crippen LogP contribution in [0, 0.1) is 0 Å². The van der Waals surface area contributed by atoms with Crippen molar-refractivity contribution in [1.29, 1.82) is 0 Å². The summed E-state index contributed by atoms with van der Waals surface area (Å²) in [4.78, 5) is 22.5. The average Bonchev–Trinajstić information content (AvgIpc) is 2.36. The molecule has 1 rings (SSSR count). The third kappa shape index (κ3) is 4.09. The molecule has 8 heteroatoms. The third-order valence-electron chi connectivity index (χ3n) is 2.09. The van der Waals surface area contributed by atoms with Crippen molar-refractivity contribution < 1.29 is 27.5 Å². The minimum absolute atomic E-state index is 0. The molecule has 0 fully saturated rings. The second kappa shape index (κ2) is 7.52. The number of methoxy groups -OCH3 is 2. The number of allylic oxidation sites excluding steroid dienone is 1. The minimum atomic E-state index is -2.50. The van der Waals surface area contributed by atoms with Crippen LogP contribution in [0.1, 0.15) is 6.42 Å². The van der Waals surface area contributed by atoms with Gasteiger partial charge in [-0.15, -0.1) is 0 Å². The first-order valence-corrected chi connectivity index (χ1v) is 5.61. The molecule has 1 radical (unpaired) electrons. The SMILES string of the molecule is COC(=O)C1=CC(=S(=O)=O)CC(C(=O)OC)=C1.[Na]. The van der Waals surface area contributed by atoms with E-state index in [2.05, 4.69) is 9.47 Å². The van der Waals surface area contributed by atoms with Gasteiger partial charge >= 0.3 is 11.9 Å². The van der Waals surface area contributed by atoms with Gasteiger partial charge in [0.2, 0.25) is 10.3 Å². The Labute approximate surface area is 127 Å². The summed E-state index contributed by atoms with van der Waals surface area (Å²) in [5.41, 5.74) is 0.0907. The quantitative estimate of drug-likeness (QED) is 0.376. The Hall–Kier alpha value is -0.890. The monoisotopic (exact) mass is 281 g/mol. The van der Waals surface area contributed by atoms with Crippen LogP contribution in [0.25, 0.3) is 0 Å². The van der Waals surface area contributed by atoms with Gasteiger partial charge in [0.1, 0.15) is 0 Å². The predicted molar refractivity (Wildman–Crippen MR) is 64.5 cm³/mol. The van der Waals surface area contributed by atoms with Crippen molar-refractivity contribution in [2.24, 2.45) is 0 Å². The van der Waals surface area contributed by atoms with Crippen molar-refractivity contribution in [1.82, 2.24) is 0 Å². The van der Waals surface area contributed by atoms with Gasteiger partial charge in [0.25, 0.3) is 0 Å². The molecule has 0 atom stereocenters. The second-order valence-corrected chi connectivity index (χ2v) is 4.12. The molecule has 18 heavy (non-hydrogen) atoms. The Balaban J connectivity index is 0.00000289. The molecule has 0 amide bonds. The number of hydrogen-bond acceptors (Lipinski definition) is 6. The Morgan fingerprint density at radius 1 is 1.11 bits per heavy atom. The van der Waals surface area contributed by atoms with Crippen molar-refractivity contribution in [3.63, 3.8) is 0 Å². The number of esters is 2.